The first-order valence-electron chi connectivity index (χ1n) is 42.1. The van der Waals surface area contributed by atoms with Gasteiger partial charge in [0.1, 0.15) is 35.2 Å². The molecule has 0 bridgehead atoms. The quantitative estimate of drug-likeness (QED) is 0.128. The summed E-state index contributed by atoms with van der Waals surface area (Å²) in [5.74, 6) is 1.54. The van der Waals surface area contributed by atoms with E-state index in [9.17, 15) is 0 Å². The van der Waals surface area contributed by atoms with Crippen molar-refractivity contribution >= 4 is 0 Å². The third kappa shape index (κ3) is 17.5. The summed E-state index contributed by atoms with van der Waals surface area (Å²) in [6.07, 6.45) is 18.1. The molecule has 0 amide bonds. The van der Waals surface area contributed by atoms with E-state index in [4.69, 9.17) is 20.6 Å². The van der Waals surface area contributed by atoms with Crippen LogP contribution in [0.5, 0.6) is 0 Å². The molecule has 96 heavy (non-hydrogen) atoms. The lowest BCUT2D eigenvalue weighted by atomic mass is 9.83. The van der Waals surface area contributed by atoms with Crippen molar-refractivity contribution in [3.05, 3.63) is 265 Å². The van der Waals surface area contributed by atoms with Gasteiger partial charge in [0, 0.05) is 127 Å². The van der Waals surface area contributed by atoms with Crippen LogP contribution in [0, 0.1) is 102 Å². The molecule has 10 aromatic rings. The summed E-state index contributed by atoms with van der Waals surface area (Å²) in [4.78, 5) is 0. The smallest absolute Gasteiger partial charge is 0.201 e. The summed E-state index contributed by atoms with van der Waals surface area (Å²) < 4.78 is 126. The fourth-order valence-electron chi connectivity index (χ4n) is 14.1. The Balaban J connectivity index is 0.000000175. The van der Waals surface area contributed by atoms with Gasteiger partial charge in [-0.2, -0.15) is 13.7 Å². The predicted octanol–water partition coefficient (Wildman–Crippen LogP) is 20.7. The minimum atomic E-state index is -2.52. The van der Waals surface area contributed by atoms with Crippen molar-refractivity contribution in [3.63, 3.8) is 0 Å². The average molecular weight is 1300 g/mol. The molecule has 5 heterocycles. The Morgan fingerprint density at radius 2 is 0.781 bits per heavy atom. The molecule has 0 saturated heterocycles. The first-order chi connectivity index (χ1) is 51.7. The van der Waals surface area contributed by atoms with Crippen molar-refractivity contribution < 1.29 is 43.4 Å². The van der Waals surface area contributed by atoms with Gasteiger partial charge in [-0.1, -0.05) is 144 Å². The molecule has 2 aliphatic carbocycles. The number of nitrogens with zero attached hydrogens (tertiary/aromatic N) is 5. The zero-order chi connectivity index (χ0) is 82.4. The first-order valence-corrected chi connectivity index (χ1v) is 34.6. The maximum atomic E-state index is 7.88. The van der Waals surface area contributed by atoms with Crippen molar-refractivity contribution in [1.82, 2.24) is 0 Å². The first kappa shape index (κ1) is 54.9. The van der Waals surface area contributed by atoms with Crippen LogP contribution in [0.3, 0.4) is 0 Å². The van der Waals surface area contributed by atoms with E-state index in [-0.39, 0.29) is 22.5 Å². The van der Waals surface area contributed by atoms with Gasteiger partial charge in [0.2, 0.25) is 28.5 Å². The molecule has 2 aliphatic rings. The fraction of sp³-hybridized carbons (Fsp3) is 0.396. The van der Waals surface area contributed by atoms with Gasteiger partial charge in [0.15, 0.2) is 29.5 Å². The van der Waals surface area contributed by atoms with E-state index in [1.54, 1.807) is 61.3 Å². The number of hydrogen-bond donors (Lipinski definition) is 0. The Bertz CT molecular complexity index is 4940. The largest absolute Gasteiger partial charge is 0.215 e. The maximum Gasteiger partial charge on any atom is 0.215 e. The second kappa shape index (κ2) is 32.7. The molecule has 5 aromatic heterocycles. The summed E-state index contributed by atoms with van der Waals surface area (Å²) in [7, 11) is 9.43. The fourth-order valence-corrected chi connectivity index (χ4v) is 14.1. The Morgan fingerprint density at radius 3 is 1.19 bits per heavy atom. The summed E-state index contributed by atoms with van der Waals surface area (Å²) in [5.41, 5.74) is 25.8. The number of hydrogen-bond acceptors (Lipinski definition) is 0. The second-order valence-corrected chi connectivity index (χ2v) is 28.4. The van der Waals surface area contributed by atoms with Crippen LogP contribution in [0.2, 0.25) is 0 Å². The van der Waals surface area contributed by atoms with Crippen LogP contribution in [0.1, 0.15) is 212 Å². The molecule has 5 nitrogen and oxygen atoms in total. The van der Waals surface area contributed by atoms with Crippen LogP contribution in [0.25, 0.3) is 56.3 Å². The molecule has 5 heteroatoms. The van der Waals surface area contributed by atoms with Gasteiger partial charge in [-0.05, 0) is 218 Å². The van der Waals surface area contributed by atoms with Crippen molar-refractivity contribution in [3.8, 4) is 56.3 Å². The standard InChI is InChI=1S/C23H32N.C20H26N.C17H22N.C16H20N.C15H18N/c1-17-10-6-9-13-20(17)22-14-21(18-11-7-8-12-18)19(16-24(22)5)15-23(2,3)4;1-4-16-14-21(3)20(18-12-8-5-9-15(18)2)13-19(16)17-10-6-7-11-17;1-11-9-7-8-10-16(11)17-14(4)12(2)13(3)15(5)18(17)6;1-11-8-6-7-9-15(11)16-10-12(2)13(3)14(4)17(16)5;1-11-9-13(3)16(4)15(10-11)14-8-6-5-7-12(14)2/h6,9-10,13-14,16,18H,7-8,11-12,15H2,1-5H3;5,8-9,12-14,17H,4,6-7,10-11H2,1-3H3;7-10H,1-6H3;6-10H,1-5H3;5-10H,1-4H3/q5*+1/i;;3D3,5D3;3D3,4D3;3D3. The summed E-state index contributed by atoms with van der Waals surface area (Å²) in [6, 6.07) is 51.3. The second-order valence-electron chi connectivity index (χ2n) is 28.4. The Kier molecular flexibility index (Phi) is 18.7. The van der Waals surface area contributed by atoms with Crippen molar-refractivity contribution in [1.29, 1.82) is 0 Å². The molecule has 0 N–H and O–H groups in total. The van der Waals surface area contributed by atoms with Gasteiger partial charge < -0.3 is 0 Å². The highest BCUT2D eigenvalue weighted by Crippen LogP contribution is 2.40. The molecule has 0 radical (unpaired) electrons. The maximum absolute atomic E-state index is 7.88. The number of aryl methyl sites for hydroxylation is 11. The minimum absolute atomic E-state index is 0.0696. The SMILES string of the molecule is CCc1c[n+](C)c(-c2ccccc2C)cc1C1CCCC1.Cc1ccccc1-c1cc(C2CCCC2)c(CC(C)(C)C)c[n+]1C.[2H]C([2H])([2H])c1c(C)c(C)c(-c2ccccc2C)[n+](C)c1C([2H])([2H])[2H].[2H]C([2H])([2H])c1c(C)cc(-c2ccccc2C)[n+](C)c1C([2H])([2H])[2H].[2H]C([2H])([2H])c1cc(C)cc(-c2ccccc2C)[n+]1C. The number of aromatic nitrogens is 5. The molecule has 0 unspecified atom stereocenters. The molecule has 0 aliphatic heterocycles. The zero-order valence-corrected chi connectivity index (χ0v) is 61.1. The summed E-state index contributed by atoms with van der Waals surface area (Å²) in [5, 5.41) is 0. The molecule has 502 valence electrons. The van der Waals surface area contributed by atoms with Gasteiger partial charge in [-0.3, -0.25) is 0 Å². The van der Waals surface area contributed by atoms with Crippen LogP contribution in [-0.2, 0) is 48.1 Å². The van der Waals surface area contributed by atoms with Crippen LogP contribution >= 0.6 is 0 Å². The number of pyridine rings is 5. The Morgan fingerprint density at radius 1 is 0.385 bits per heavy atom. The molecular weight excluding hydrogens is 1160 g/mol. The van der Waals surface area contributed by atoms with E-state index in [1.807, 2.05) is 121 Å². The van der Waals surface area contributed by atoms with Gasteiger partial charge in [-0.25, -0.2) is 9.13 Å². The molecule has 5 aromatic carbocycles. The lowest BCUT2D eigenvalue weighted by Crippen LogP contribution is -2.37. The van der Waals surface area contributed by atoms with Crippen LogP contribution in [0.4, 0.5) is 0 Å². The van der Waals surface area contributed by atoms with E-state index in [0.717, 1.165) is 80.6 Å². The van der Waals surface area contributed by atoms with E-state index in [0.29, 0.717) is 27.9 Å². The van der Waals surface area contributed by atoms with Crippen molar-refractivity contribution in [2.24, 2.45) is 40.7 Å². The average Bonchev–Trinajstić information content (AvgIpc) is 1.09. The molecular formula is C91H118N5+5. The highest BCUT2D eigenvalue weighted by atomic mass is 15.0. The van der Waals surface area contributed by atoms with Crippen LogP contribution in [-0.4, -0.2) is 0 Å². The van der Waals surface area contributed by atoms with E-state index >= 15 is 0 Å². The Labute approximate surface area is 602 Å². The third-order valence-corrected chi connectivity index (χ3v) is 19.9. The molecule has 0 atom stereocenters. The highest BCUT2D eigenvalue weighted by Gasteiger charge is 2.29. The van der Waals surface area contributed by atoms with Crippen molar-refractivity contribution in [2.45, 2.75) is 200 Å². The number of rotatable bonds is 9. The monoisotopic (exact) mass is 1300 g/mol. The van der Waals surface area contributed by atoms with E-state index < -0.39 is 34.3 Å². The summed E-state index contributed by atoms with van der Waals surface area (Å²) in [6.45, 7) is 14.7. The predicted molar refractivity (Wildman–Crippen MR) is 407 cm³/mol. The third-order valence-electron chi connectivity index (χ3n) is 19.9. The molecule has 2 saturated carbocycles. The normalized spacial score (nSPS) is 16.0. The zero-order valence-electron chi connectivity index (χ0n) is 76.1. The molecule has 2 fully saturated rings. The molecule has 0 spiro atoms. The lowest BCUT2D eigenvalue weighted by Gasteiger charge is -2.22. The van der Waals surface area contributed by atoms with Gasteiger partial charge >= 0.3 is 0 Å². The highest BCUT2D eigenvalue weighted by molar-refractivity contribution is 5.67. The van der Waals surface area contributed by atoms with Gasteiger partial charge in [0.25, 0.3) is 0 Å². The van der Waals surface area contributed by atoms with E-state index in [2.05, 4.69) is 138 Å². The summed E-state index contributed by atoms with van der Waals surface area (Å²) >= 11 is 0. The van der Waals surface area contributed by atoms with Gasteiger partial charge in [0.05, 0.1) is 0 Å². The van der Waals surface area contributed by atoms with Crippen molar-refractivity contribution in [2.75, 3.05) is 0 Å². The molecule has 12 rings (SSSR count). The Hall–Kier alpha value is -8.15. The topological polar surface area (TPSA) is 19.4 Å². The van der Waals surface area contributed by atoms with Gasteiger partial charge in [-0.15, -0.1) is 0 Å². The number of benzene rings is 5. The lowest BCUT2D eigenvalue weighted by molar-refractivity contribution is -0.667. The van der Waals surface area contributed by atoms with Crippen LogP contribution < -0.4 is 22.8 Å². The van der Waals surface area contributed by atoms with E-state index in [1.165, 1.54) is 99.7 Å². The van der Waals surface area contributed by atoms with Crippen LogP contribution in [0.15, 0.2) is 164 Å². The minimum Gasteiger partial charge on any atom is -0.201 e.